The van der Waals surface area contributed by atoms with Crippen LogP contribution in [-0.4, -0.2) is 21.8 Å². The number of nitrogens with two attached hydrogens (primary N) is 1. The fourth-order valence-electron chi connectivity index (χ4n) is 1.05. The summed E-state index contributed by atoms with van der Waals surface area (Å²) in [6.45, 7) is 4.23. The molecule has 0 aromatic carbocycles. The van der Waals surface area contributed by atoms with Crippen LogP contribution in [0.2, 0.25) is 0 Å². The second kappa shape index (κ2) is 5.75. The molecular formula is C11H16N2OS. The Kier molecular flexibility index (Phi) is 4.62. The Morgan fingerprint density at radius 1 is 1.67 bits per heavy atom. The predicted molar refractivity (Wildman–Crippen MR) is 65.2 cm³/mol. The Balaban J connectivity index is 2.58. The van der Waals surface area contributed by atoms with Crippen molar-refractivity contribution in [1.82, 2.24) is 4.98 Å². The summed E-state index contributed by atoms with van der Waals surface area (Å²) in [6, 6.07) is 1.65. The molecule has 1 aromatic rings. The van der Waals surface area contributed by atoms with Gasteiger partial charge < -0.3 is 5.73 Å². The molecule has 0 aliphatic heterocycles. The van der Waals surface area contributed by atoms with E-state index in [9.17, 15) is 4.79 Å². The van der Waals surface area contributed by atoms with Crippen LogP contribution in [0.4, 0.5) is 5.69 Å². The highest BCUT2D eigenvalue weighted by atomic mass is 32.2. The van der Waals surface area contributed by atoms with Crippen molar-refractivity contribution in [3.8, 4) is 0 Å². The molecule has 1 aromatic heterocycles. The van der Waals surface area contributed by atoms with Crippen molar-refractivity contribution in [2.24, 2.45) is 0 Å². The van der Waals surface area contributed by atoms with Crippen molar-refractivity contribution < 1.29 is 4.79 Å². The minimum Gasteiger partial charge on any atom is -0.398 e. The van der Waals surface area contributed by atoms with Crippen LogP contribution in [0.3, 0.4) is 0 Å². The number of hydrogen-bond donors (Lipinski definition) is 1. The number of carbonyl (C=O) groups is 1. The molecule has 82 valence electrons. The molecule has 1 rings (SSSR count). The first-order valence-corrected chi connectivity index (χ1v) is 6.04. The number of ketones is 1. The largest absolute Gasteiger partial charge is 0.398 e. The number of anilines is 1. The van der Waals surface area contributed by atoms with Crippen LogP contribution < -0.4 is 5.73 Å². The van der Waals surface area contributed by atoms with Gasteiger partial charge in [-0.1, -0.05) is 13.8 Å². The molecule has 0 radical (unpaired) electrons. The average Bonchev–Trinajstić information content (AvgIpc) is 2.26. The van der Waals surface area contributed by atoms with E-state index in [0.717, 1.165) is 6.42 Å². The first kappa shape index (κ1) is 12.0. The minimum atomic E-state index is 0.0610. The Morgan fingerprint density at radius 2 is 2.40 bits per heavy atom. The molecule has 0 saturated heterocycles. The fourth-order valence-corrected chi connectivity index (χ4v) is 1.88. The lowest BCUT2D eigenvalue weighted by atomic mass is 10.2. The number of hydrogen-bond acceptors (Lipinski definition) is 4. The van der Waals surface area contributed by atoms with Gasteiger partial charge in [0.25, 0.3) is 0 Å². The number of pyridine rings is 1. The van der Waals surface area contributed by atoms with Crippen LogP contribution >= 0.6 is 11.8 Å². The summed E-state index contributed by atoms with van der Waals surface area (Å²) in [4.78, 5) is 15.6. The van der Waals surface area contributed by atoms with Crippen molar-refractivity contribution in [3.05, 3.63) is 24.0 Å². The van der Waals surface area contributed by atoms with Gasteiger partial charge in [-0.25, -0.2) is 0 Å². The summed E-state index contributed by atoms with van der Waals surface area (Å²) in [7, 11) is 0. The van der Waals surface area contributed by atoms with Crippen LogP contribution in [0.15, 0.2) is 18.5 Å². The number of aromatic nitrogens is 1. The average molecular weight is 224 g/mol. The van der Waals surface area contributed by atoms with Crippen LogP contribution in [0.5, 0.6) is 0 Å². The molecule has 0 aliphatic rings. The van der Waals surface area contributed by atoms with Gasteiger partial charge in [-0.3, -0.25) is 9.78 Å². The summed E-state index contributed by atoms with van der Waals surface area (Å²) in [5.74, 6) is 0.538. The molecule has 4 heteroatoms. The molecule has 0 saturated carbocycles. The van der Waals surface area contributed by atoms with E-state index in [1.807, 2.05) is 0 Å². The zero-order chi connectivity index (χ0) is 11.3. The van der Waals surface area contributed by atoms with Crippen LogP contribution in [-0.2, 0) is 0 Å². The summed E-state index contributed by atoms with van der Waals surface area (Å²) < 4.78 is 0. The van der Waals surface area contributed by atoms with Gasteiger partial charge in [-0.15, -0.1) is 0 Å². The molecule has 1 unspecified atom stereocenters. The molecule has 15 heavy (non-hydrogen) atoms. The maximum Gasteiger partial charge on any atom is 0.176 e. The van der Waals surface area contributed by atoms with E-state index >= 15 is 0 Å². The number of thioether (sulfide) groups is 1. The monoisotopic (exact) mass is 224 g/mol. The van der Waals surface area contributed by atoms with E-state index in [1.165, 1.54) is 6.20 Å². The van der Waals surface area contributed by atoms with Crippen LogP contribution in [0, 0.1) is 0 Å². The van der Waals surface area contributed by atoms with Crippen molar-refractivity contribution in [2.45, 2.75) is 25.5 Å². The Hall–Kier alpha value is -1.03. The highest BCUT2D eigenvalue weighted by molar-refractivity contribution is 8.00. The van der Waals surface area contributed by atoms with Gasteiger partial charge in [0, 0.05) is 23.3 Å². The first-order chi connectivity index (χ1) is 7.15. The SMILES string of the molecule is CCC(C)SCC(=O)c1cnccc1N. The van der Waals surface area contributed by atoms with Gasteiger partial charge >= 0.3 is 0 Å². The fraction of sp³-hybridized carbons (Fsp3) is 0.455. The third-order valence-corrected chi connectivity index (χ3v) is 3.56. The number of carbonyl (C=O) groups excluding carboxylic acids is 1. The number of nitrogen functional groups attached to an aromatic ring is 1. The molecule has 1 atom stereocenters. The molecular weight excluding hydrogens is 208 g/mol. The van der Waals surface area contributed by atoms with Crippen LogP contribution in [0.1, 0.15) is 30.6 Å². The van der Waals surface area contributed by atoms with Crippen molar-refractivity contribution in [1.29, 1.82) is 0 Å². The molecule has 0 aliphatic carbocycles. The van der Waals surface area contributed by atoms with Crippen molar-refractivity contribution in [3.63, 3.8) is 0 Å². The van der Waals surface area contributed by atoms with E-state index in [-0.39, 0.29) is 5.78 Å². The molecule has 0 amide bonds. The predicted octanol–water partition coefficient (Wildman–Crippen LogP) is 2.38. The van der Waals surface area contributed by atoms with Gasteiger partial charge in [0.1, 0.15) is 0 Å². The Bertz CT molecular complexity index is 341. The van der Waals surface area contributed by atoms with Crippen molar-refractivity contribution in [2.75, 3.05) is 11.5 Å². The maximum atomic E-state index is 11.7. The van der Waals surface area contributed by atoms with Crippen molar-refractivity contribution >= 4 is 23.2 Å². The quantitative estimate of drug-likeness (QED) is 0.780. The summed E-state index contributed by atoms with van der Waals surface area (Å²) in [6.07, 6.45) is 4.20. The number of nitrogens with zero attached hydrogens (tertiary/aromatic N) is 1. The molecule has 1 heterocycles. The third-order valence-electron chi connectivity index (χ3n) is 2.23. The summed E-state index contributed by atoms with van der Waals surface area (Å²) in [5.41, 5.74) is 6.74. The van der Waals surface area contributed by atoms with E-state index in [1.54, 1.807) is 24.0 Å². The minimum absolute atomic E-state index is 0.0610. The second-order valence-corrected chi connectivity index (χ2v) is 4.84. The number of Topliss-reactive ketones (excluding diaryl/α,β-unsaturated/α-hetero) is 1. The van der Waals surface area contributed by atoms with E-state index in [0.29, 0.717) is 22.3 Å². The molecule has 0 spiro atoms. The van der Waals surface area contributed by atoms with Gasteiger partial charge in [0.2, 0.25) is 0 Å². The third kappa shape index (κ3) is 3.55. The maximum absolute atomic E-state index is 11.7. The van der Waals surface area contributed by atoms with Gasteiger partial charge in [0.05, 0.1) is 11.3 Å². The number of rotatable bonds is 5. The van der Waals surface area contributed by atoms with E-state index in [4.69, 9.17) is 5.73 Å². The zero-order valence-corrected chi connectivity index (χ0v) is 9.88. The smallest absolute Gasteiger partial charge is 0.176 e. The highest BCUT2D eigenvalue weighted by Gasteiger charge is 2.11. The lowest BCUT2D eigenvalue weighted by molar-refractivity contribution is 0.102. The Morgan fingerprint density at radius 3 is 3.00 bits per heavy atom. The van der Waals surface area contributed by atoms with Crippen LogP contribution in [0.25, 0.3) is 0 Å². The van der Waals surface area contributed by atoms with E-state index in [2.05, 4.69) is 18.8 Å². The lowest BCUT2D eigenvalue weighted by Crippen LogP contribution is -2.09. The molecule has 2 N–H and O–H groups in total. The lowest BCUT2D eigenvalue weighted by Gasteiger charge is -2.07. The van der Waals surface area contributed by atoms with Gasteiger partial charge in [0.15, 0.2) is 5.78 Å². The van der Waals surface area contributed by atoms with Gasteiger partial charge in [-0.05, 0) is 12.5 Å². The summed E-state index contributed by atoms with van der Waals surface area (Å²) in [5, 5.41) is 0.506. The molecule has 0 bridgehead atoms. The standard InChI is InChI=1S/C11H16N2OS/c1-3-8(2)15-7-11(14)9-6-13-5-4-10(9)12/h4-6,8H,3,7H2,1-2H3,(H2,12,13). The topological polar surface area (TPSA) is 56.0 Å². The normalized spacial score (nSPS) is 12.4. The van der Waals surface area contributed by atoms with Gasteiger partial charge in [-0.2, -0.15) is 11.8 Å². The molecule has 0 fully saturated rings. The second-order valence-electron chi connectivity index (χ2n) is 3.42. The highest BCUT2D eigenvalue weighted by Crippen LogP contribution is 2.17. The van der Waals surface area contributed by atoms with E-state index < -0.39 is 0 Å². The first-order valence-electron chi connectivity index (χ1n) is 4.99. The summed E-state index contributed by atoms with van der Waals surface area (Å²) >= 11 is 1.66. The Labute approximate surface area is 94.5 Å². The molecule has 3 nitrogen and oxygen atoms in total. The zero-order valence-electron chi connectivity index (χ0n) is 9.06.